The van der Waals surface area contributed by atoms with Gasteiger partial charge in [0.15, 0.2) is 5.79 Å². The maximum Gasteiger partial charge on any atom is 0.224 e. The maximum absolute atomic E-state index is 12.3. The SMILES string of the molecule is CCCCC(=O)Nc1cnc2cc(Br)ccc2c1NCC1(C)COC(C)(C)OC1. The summed E-state index contributed by atoms with van der Waals surface area (Å²) < 4.78 is 12.7. The molecule has 0 radical (unpaired) electrons. The fourth-order valence-electron chi connectivity index (χ4n) is 3.19. The zero-order valence-electron chi connectivity index (χ0n) is 17.6. The van der Waals surface area contributed by atoms with Gasteiger partial charge in [0.25, 0.3) is 0 Å². The van der Waals surface area contributed by atoms with Gasteiger partial charge in [-0.2, -0.15) is 0 Å². The molecule has 0 aliphatic carbocycles. The van der Waals surface area contributed by atoms with E-state index in [2.05, 4.69) is 45.4 Å². The Hall–Kier alpha value is -1.70. The summed E-state index contributed by atoms with van der Waals surface area (Å²) in [5, 5.41) is 7.53. The molecule has 1 aliphatic heterocycles. The van der Waals surface area contributed by atoms with Crippen molar-refractivity contribution in [3.63, 3.8) is 0 Å². The van der Waals surface area contributed by atoms with Gasteiger partial charge in [-0.3, -0.25) is 9.78 Å². The number of hydrogen-bond donors (Lipinski definition) is 2. The van der Waals surface area contributed by atoms with Gasteiger partial charge in [0.2, 0.25) is 5.91 Å². The molecule has 1 fully saturated rings. The summed E-state index contributed by atoms with van der Waals surface area (Å²) in [5.41, 5.74) is 2.25. The number of pyridine rings is 1. The number of carbonyl (C=O) groups is 1. The van der Waals surface area contributed by atoms with E-state index in [-0.39, 0.29) is 11.3 Å². The van der Waals surface area contributed by atoms with E-state index < -0.39 is 5.79 Å². The Kier molecular flexibility index (Phi) is 6.81. The molecule has 1 aromatic carbocycles. The minimum absolute atomic E-state index is 0.00505. The summed E-state index contributed by atoms with van der Waals surface area (Å²) in [6.07, 6.45) is 4.07. The van der Waals surface area contributed by atoms with E-state index in [4.69, 9.17) is 9.47 Å². The van der Waals surface area contributed by atoms with Gasteiger partial charge < -0.3 is 20.1 Å². The summed E-state index contributed by atoms with van der Waals surface area (Å²) in [6, 6.07) is 5.96. The minimum Gasteiger partial charge on any atom is -0.382 e. The summed E-state index contributed by atoms with van der Waals surface area (Å²) in [6.45, 7) is 9.91. The number of amides is 1. The first-order chi connectivity index (χ1) is 13.7. The molecule has 7 heteroatoms. The lowest BCUT2D eigenvalue weighted by molar-refractivity contribution is -0.279. The van der Waals surface area contributed by atoms with Crippen molar-refractivity contribution >= 4 is 44.1 Å². The highest BCUT2D eigenvalue weighted by molar-refractivity contribution is 9.10. The van der Waals surface area contributed by atoms with E-state index in [0.717, 1.165) is 33.9 Å². The number of benzene rings is 1. The number of aromatic nitrogens is 1. The molecule has 1 aromatic heterocycles. The molecule has 29 heavy (non-hydrogen) atoms. The normalized spacial score (nSPS) is 17.8. The van der Waals surface area contributed by atoms with Crippen LogP contribution >= 0.6 is 15.9 Å². The second-order valence-corrected chi connectivity index (χ2v) is 9.42. The van der Waals surface area contributed by atoms with Gasteiger partial charge in [0.05, 0.1) is 36.3 Å². The topological polar surface area (TPSA) is 72.5 Å². The van der Waals surface area contributed by atoms with Crippen molar-refractivity contribution in [2.45, 2.75) is 52.7 Å². The highest BCUT2D eigenvalue weighted by atomic mass is 79.9. The number of nitrogens with one attached hydrogen (secondary N) is 2. The Morgan fingerprint density at radius 3 is 2.66 bits per heavy atom. The molecular weight excluding hydrogens is 434 g/mol. The highest BCUT2D eigenvalue weighted by Gasteiger charge is 2.36. The fraction of sp³-hybridized carbons (Fsp3) is 0.545. The first-order valence-corrected chi connectivity index (χ1v) is 10.9. The Morgan fingerprint density at radius 2 is 1.97 bits per heavy atom. The molecule has 158 valence electrons. The first kappa shape index (κ1) is 22.0. The molecule has 0 unspecified atom stereocenters. The molecule has 2 aromatic rings. The second-order valence-electron chi connectivity index (χ2n) is 8.50. The Morgan fingerprint density at radius 1 is 1.24 bits per heavy atom. The molecule has 6 nitrogen and oxygen atoms in total. The highest BCUT2D eigenvalue weighted by Crippen LogP contribution is 2.34. The summed E-state index contributed by atoms with van der Waals surface area (Å²) >= 11 is 3.50. The van der Waals surface area contributed by atoms with Gasteiger partial charge in [-0.1, -0.05) is 36.2 Å². The molecule has 0 atom stereocenters. The van der Waals surface area contributed by atoms with E-state index >= 15 is 0 Å². The van der Waals surface area contributed by atoms with Crippen molar-refractivity contribution in [1.82, 2.24) is 4.98 Å². The average molecular weight is 464 g/mol. The van der Waals surface area contributed by atoms with E-state index in [9.17, 15) is 4.79 Å². The molecule has 0 bridgehead atoms. The third-order valence-electron chi connectivity index (χ3n) is 5.09. The number of hydrogen-bond acceptors (Lipinski definition) is 5. The zero-order valence-corrected chi connectivity index (χ0v) is 19.2. The summed E-state index contributed by atoms with van der Waals surface area (Å²) in [5.74, 6) is -0.543. The number of ether oxygens (including phenoxy) is 2. The average Bonchev–Trinajstić information content (AvgIpc) is 2.68. The predicted molar refractivity (Wildman–Crippen MR) is 120 cm³/mol. The summed E-state index contributed by atoms with van der Waals surface area (Å²) in [4.78, 5) is 16.9. The molecule has 3 rings (SSSR count). The first-order valence-electron chi connectivity index (χ1n) is 10.1. The van der Waals surface area contributed by atoms with Gasteiger partial charge >= 0.3 is 0 Å². The van der Waals surface area contributed by atoms with Crippen LogP contribution in [0.2, 0.25) is 0 Å². The summed E-state index contributed by atoms with van der Waals surface area (Å²) in [7, 11) is 0. The Balaban J connectivity index is 1.85. The van der Waals surface area contributed by atoms with Crippen LogP contribution in [0.25, 0.3) is 10.9 Å². The Labute approximate surface area is 180 Å². The molecular formula is C22H30BrN3O3. The number of carbonyl (C=O) groups excluding carboxylic acids is 1. The van der Waals surface area contributed by atoms with Gasteiger partial charge in [-0.15, -0.1) is 0 Å². The minimum atomic E-state index is -0.548. The lowest BCUT2D eigenvalue weighted by Crippen LogP contribution is -2.48. The van der Waals surface area contributed by atoms with Crippen molar-refractivity contribution in [3.05, 3.63) is 28.9 Å². The van der Waals surface area contributed by atoms with Crippen LogP contribution in [0.5, 0.6) is 0 Å². The molecule has 0 spiro atoms. The van der Waals surface area contributed by atoms with Crippen LogP contribution in [0.3, 0.4) is 0 Å². The van der Waals surface area contributed by atoms with Gasteiger partial charge in [0.1, 0.15) is 0 Å². The molecule has 2 heterocycles. The molecule has 1 aliphatic rings. The monoisotopic (exact) mass is 463 g/mol. The van der Waals surface area contributed by atoms with E-state index in [0.29, 0.717) is 31.9 Å². The number of rotatable bonds is 7. The van der Waals surface area contributed by atoms with Crippen molar-refractivity contribution in [1.29, 1.82) is 0 Å². The van der Waals surface area contributed by atoms with E-state index in [1.54, 1.807) is 6.20 Å². The Bertz CT molecular complexity index is 875. The lowest BCUT2D eigenvalue weighted by Gasteiger charge is -2.41. The van der Waals surface area contributed by atoms with Crippen LogP contribution in [0.15, 0.2) is 28.9 Å². The number of fused-ring (bicyclic) bond motifs is 1. The van der Waals surface area contributed by atoms with Crippen LogP contribution in [0.1, 0.15) is 47.0 Å². The third kappa shape index (κ3) is 5.68. The number of nitrogens with zero attached hydrogens (tertiary/aromatic N) is 1. The van der Waals surface area contributed by atoms with E-state index in [1.807, 2.05) is 32.0 Å². The molecule has 1 saturated heterocycles. The molecule has 2 N–H and O–H groups in total. The number of anilines is 2. The van der Waals surface area contributed by atoms with Crippen LogP contribution < -0.4 is 10.6 Å². The number of halogens is 1. The van der Waals surface area contributed by atoms with Crippen molar-refractivity contribution in [2.24, 2.45) is 5.41 Å². The van der Waals surface area contributed by atoms with E-state index in [1.165, 1.54) is 0 Å². The zero-order chi connectivity index (χ0) is 21.1. The maximum atomic E-state index is 12.3. The van der Waals surface area contributed by atoms with Gasteiger partial charge in [-0.05, 0) is 38.5 Å². The number of unbranched alkanes of at least 4 members (excludes halogenated alkanes) is 1. The van der Waals surface area contributed by atoms with Crippen molar-refractivity contribution in [3.8, 4) is 0 Å². The standard InChI is InChI=1S/C22H30BrN3O3/c1-5-6-7-19(27)26-18-11-24-17-10-15(23)8-9-16(17)20(18)25-12-22(4)13-28-21(2,3)29-14-22/h8-11H,5-7,12-14H2,1-4H3,(H,24,25)(H,26,27). The van der Waals surface area contributed by atoms with Crippen molar-refractivity contribution in [2.75, 3.05) is 30.4 Å². The predicted octanol–water partition coefficient (Wildman–Crippen LogP) is 5.33. The van der Waals surface area contributed by atoms with Crippen LogP contribution in [-0.2, 0) is 14.3 Å². The quantitative estimate of drug-likeness (QED) is 0.580. The molecule has 0 saturated carbocycles. The molecule has 1 amide bonds. The van der Waals surface area contributed by atoms with Crippen LogP contribution in [0.4, 0.5) is 11.4 Å². The lowest BCUT2D eigenvalue weighted by atomic mass is 9.91. The smallest absolute Gasteiger partial charge is 0.224 e. The van der Waals surface area contributed by atoms with Crippen LogP contribution in [0, 0.1) is 5.41 Å². The fourth-order valence-corrected chi connectivity index (χ4v) is 3.53. The largest absolute Gasteiger partial charge is 0.382 e. The second kappa shape index (κ2) is 8.98. The third-order valence-corrected chi connectivity index (χ3v) is 5.58. The van der Waals surface area contributed by atoms with Gasteiger partial charge in [0, 0.05) is 28.2 Å². The van der Waals surface area contributed by atoms with Gasteiger partial charge in [-0.25, -0.2) is 0 Å². The van der Waals surface area contributed by atoms with Crippen LogP contribution in [-0.4, -0.2) is 36.4 Å². The van der Waals surface area contributed by atoms with Crippen molar-refractivity contribution < 1.29 is 14.3 Å².